The molecule has 0 spiro atoms. The molecule has 3 aromatic heterocycles. The molecule has 11 heteroatoms. The third-order valence-electron chi connectivity index (χ3n) is 6.74. The van der Waals surface area contributed by atoms with E-state index in [9.17, 15) is 4.79 Å². The number of carbonyl (C=O) groups excluding carboxylic acids is 1. The fourth-order valence-corrected chi connectivity index (χ4v) is 5.85. The summed E-state index contributed by atoms with van der Waals surface area (Å²) in [6.45, 7) is 1.97. The molecule has 9 nitrogen and oxygen atoms in total. The van der Waals surface area contributed by atoms with Crippen molar-refractivity contribution in [1.82, 2.24) is 19.9 Å². The number of anilines is 1. The molecular formula is C29H26FN5O4S. The van der Waals surface area contributed by atoms with Crippen molar-refractivity contribution < 1.29 is 23.4 Å². The molecule has 0 saturated heterocycles. The van der Waals surface area contributed by atoms with Gasteiger partial charge in [0.2, 0.25) is 5.88 Å². The Balaban J connectivity index is 1.25. The van der Waals surface area contributed by atoms with Crippen LogP contribution in [0.1, 0.15) is 31.2 Å². The number of hydrogen-bond acceptors (Lipinski definition) is 9. The van der Waals surface area contributed by atoms with Crippen LogP contribution in [0.4, 0.5) is 14.9 Å². The van der Waals surface area contributed by atoms with Crippen molar-refractivity contribution in [3.8, 4) is 22.2 Å². The van der Waals surface area contributed by atoms with E-state index in [4.69, 9.17) is 19.2 Å². The normalized spacial score (nSPS) is 17.1. The average molecular weight is 560 g/mol. The van der Waals surface area contributed by atoms with E-state index >= 15 is 4.39 Å². The summed E-state index contributed by atoms with van der Waals surface area (Å²) in [5, 5.41) is 3.37. The number of pyridine rings is 1. The number of rotatable bonds is 6. The zero-order valence-corrected chi connectivity index (χ0v) is 22.7. The number of ether oxygens (including phenoxy) is 3. The summed E-state index contributed by atoms with van der Waals surface area (Å²) in [7, 11) is 1.55. The Morgan fingerprint density at radius 3 is 2.73 bits per heavy atom. The van der Waals surface area contributed by atoms with Gasteiger partial charge in [-0.3, -0.25) is 10.3 Å². The van der Waals surface area contributed by atoms with Crippen LogP contribution >= 0.6 is 11.3 Å². The molecule has 1 aliphatic carbocycles. The minimum Gasteiger partial charge on any atom is -0.483 e. The Hall–Kier alpha value is -4.38. The van der Waals surface area contributed by atoms with Crippen LogP contribution < -0.4 is 14.8 Å². The first kappa shape index (κ1) is 25.9. The standard InChI is InChI=1S/C29H26FN5O4S/c1-16-10-18(27-21(11-16)34-26(37-2)15-32-27)28-35-20-12-19(30)24(13-25(20)40-28)38-22-7-3-4-8-23(22)39-29(36)33-17-6-5-9-31-14-17/h5-6,9-15,22-23H,3-4,7-8H2,1-2H3,(H,33,36)/t22-,23+/m0/s1. The second-order valence-electron chi connectivity index (χ2n) is 9.61. The fourth-order valence-electron chi connectivity index (χ4n) is 4.86. The third kappa shape index (κ3) is 5.37. The number of hydrogen-bond donors (Lipinski definition) is 1. The van der Waals surface area contributed by atoms with Crippen molar-refractivity contribution >= 4 is 44.4 Å². The predicted molar refractivity (Wildman–Crippen MR) is 150 cm³/mol. The number of aromatic nitrogens is 4. The lowest BCUT2D eigenvalue weighted by molar-refractivity contribution is -0.00440. The zero-order valence-electron chi connectivity index (χ0n) is 21.9. The number of thiazole rings is 1. The van der Waals surface area contributed by atoms with E-state index in [0.717, 1.165) is 28.7 Å². The number of aryl methyl sites for hydroxylation is 1. The molecule has 0 bridgehead atoms. The predicted octanol–water partition coefficient (Wildman–Crippen LogP) is 6.70. The summed E-state index contributed by atoms with van der Waals surface area (Å²) >= 11 is 1.42. The lowest BCUT2D eigenvalue weighted by Crippen LogP contribution is -2.39. The first-order valence-corrected chi connectivity index (χ1v) is 13.7. The molecule has 2 atom stereocenters. The number of nitrogens with zero attached hydrogens (tertiary/aromatic N) is 4. The van der Waals surface area contributed by atoms with Gasteiger partial charge in [-0.2, -0.15) is 0 Å². The van der Waals surface area contributed by atoms with Crippen molar-refractivity contribution in [2.24, 2.45) is 0 Å². The van der Waals surface area contributed by atoms with E-state index in [1.807, 2.05) is 19.1 Å². The van der Waals surface area contributed by atoms with E-state index < -0.39 is 24.1 Å². The van der Waals surface area contributed by atoms with Crippen LogP contribution in [0.15, 0.2) is 55.0 Å². The average Bonchev–Trinajstić information content (AvgIpc) is 3.36. The Kier molecular flexibility index (Phi) is 7.12. The van der Waals surface area contributed by atoms with Crippen LogP contribution in [0.2, 0.25) is 0 Å². The van der Waals surface area contributed by atoms with Crippen molar-refractivity contribution in [3.63, 3.8) is 0 Å². The minimum atomic E-state index is -0.595. The van der Waals surface area contributed by atoms with Crippen LogP contribution in [-0.2, 0) is 4.74 Å². The number of nitrogens with one attached hydrogen (secondary N) is 1. The molecule has 0 unspecified atom stereocenters. The van der Waals surface area contributed by atoms with E-state index in [2.05, 4.69) is 20.3 Å². The van der Waals surface area contributed by atoms with Gasteiger partial charge in [-0.15, -0.1) is 11.3 Å². The number of methoxy groups -OCH3 is 1. The lowest BCUT2D eigenvalue weighted by atomic mass is 9.94. The smallest absolute Gasteiger partial charge is 0.412 e. The third-order valence-corrected chi connectivity index (χ3v) is 7.79. The fraction of sp³-hybridized carbons (Fsp3) is 0.276. The van der Waals surface area contributed by atoms with Gasteiger partial charge in [0.1, 0.15) is 17.2 Å². The summed E-state index contributed by atoms with van der Waals surface area (Å²) in [6.07, 6.45) is 6.22. The molecule has 1 saturated carbocycles. The Bertz CT molecular complexity index is 1700. The second kappa shape index (κ2) is 11.0. The van der Waals surface area contributed by atoms with E-state index in [0.29, 0.717) is 46.0 Å². The van der Waals surface area contributed by atoms with Crippen LogP contribution in [0.3, 0.4) is 0 Å². The molecule has 2 aromatic carbocycles. The van der Waals surface area contributed by atoms with Crippen LogP contribution in [-0.4, -0.2) is 45.3 Å². The van der Waals surface area contributed by atoms with Crippen LogP contribution in [0, 0.1) is 12.7 Å². The van der Waals surface area contributed by atoms with E-state index in [-0.39, 0.29) is 5.75 Å². The Morgan fingerprint density at radius 1 is 1.07 bits per heavy atom. The van der Waals surface area contributed by atoms with Crippen molar-refractivity contribution in [2.75, 3.05) is 12.4 Å². The highest BCUT2D eigenvalue weighted by Crippen LogP contribution is 2.38. The van der Waals surface area contributed by atoms with Crippen molar-refractivity contribution in [3.05, 3.63) is 66.4 Å². The number of amides is 1. The highest BCUT2D eigenvalue weighted by molar-refractivity contribution is 7.21. The highest BCUT2D eigenvalue weighted by Gasteiger charge is 2.31. The van der Waals surface area contributed by atoms with Gasteiger partial charge in [-0.05, 0) is 62.4 Å². The van der Waals surface area contributed by atoms with Gasteiger partial charge in [-0.1, -0.05) is 0 Å². The van der Waals surface area contributed by atoms with Crippen LogP contribution in [0.25, 0.3) is 31.8 Å². The number of halogens is 1. The molecule has 6 rings (SSSR count). The van der Waals surface area contributed by atoms with Crippen molar-refractivity contribution in [1.29, 1.82) is 0 Å². The molecule has 5 aromatic rings. The van der Waals surface area contributed by atoms with Crippen molar-refractivity contribution in [2.45, 2.75) is 44.8 Å². The first-order valence-electron chi connectivity index (χ1n) is 12.9. The van der Waals surface area contributed by atoms with E-state index in [1.54, 1.807) is 37.7 Å². The molecular weight excluding hydrogens is 533 g/mol. The summed E-state index contributed by atoms with van der Waals surface area (Å²) in [6, 6.07) is 10.4. The van der Waals surface area contributed by atoms with Gasteiger partial charge in [0, 0.05) is 23.9 Å². The second-order valence-corrected chi connectivity index (χ2v) is 10.6. The first-order chi connectivity index (χ1) is 19.5. The van der Waals surface area contributed by atoms with Gasteiger partial charge in [-0.25, -0.2) is 24.1 Å². The summed E-state index contributed by atoms with van der Waals surface area (Å²) in [5.41, 5.74) is 4.25. The molecule has 0 aliphatic heterocycles. The maximum absolute atomic E-state index is 15.2. The molecule has 3 heterocycles. The quantitative estimate of drug-likeness (QED) is 0.245. The summed E-state index contributed by atoms with van der Waals surface area (Å²) in [5.74, 6) is 0.0124. The number of carbonyl (C=O) groups is 1. The minimum absolute atomic E-state index is 0.106. The molecule has 0 radical (unpaired) electrons. The monoisotopic (exact) mass is 559 g/mol. The number of fused-ring (bicyclic) bond motifs is 2. The van der Waals surface area contributed by atoms with Gasteiger partial charge in [0.25, 0.3) is 0 Å². The van der Waals surface area contributed by atoms with E-state index in [1.165, 1.54) is 23.6 Å². The van der Waals surface area contributed by atoms with Gasteiger partial charge >= 0.3 is 6.09 Å². The maximum atomic E-state index is 15.2. The summed E-state index contributed by atoms with van der Waals surface area (Å²) in [4.78, 5) is 30.2. The molecule has 40 heavy (non-hydrogen) atoms. The molecule has 1 amide bonds. The lowest BCUT2D eigenvalue weighted by Gasteiger charge is -2.31. The largest absolute Gasteiger partial charge is 0.483 e. The summed E-state index contributed by atoms with van der Waals surface area (Å²) < 4.78 is 33.1. The number of benzene rings is 2. The topological polar surface area (TPSA) is 108 Å². The zero-order chi connectivity index (χ0) is 27.6. The maximum Gasteiger partial charge on any atom is 0.412 e. The van der Waals surface area contributed by atoms with Gasteiger partial charge in [0.05, 0.1) is 46.4 Å². The van der Waals surface area contributed by atoms with Gasteiger partial charge < -0.3 is 14.2 Å². The molecule has 204 valence electrons. The highest BCUT2D eigenvalue weighted by atomic mass is 32.1. The molecule has 1 N–H and O–H groups in total. The molecule has 1 aliphatic rings. The van der Waals surface area contributed by atoms with Gasteiger partial charge in [0.15, 0.2) is 11.6 Å². The Labute approximate surface area is 233 Å². The van der Waals surface area contributed by atoms with Crippen LogP contribution in [0.5, 0.6) is 11.6 Å². The molecule has 1 fully saturated rings. The Morgan fingerprint density at radius 2 is 1.93 bits per heavy atom. The SMILES string of the molecule is COc1cnc2c(-c3nc4cc(F)c(O[C@H]5CCCC[C@H]5OC(=O)Nc5cccnc5)cc4s3)cc(C)cc2n1.